The van der Waals surface area contributed by atoms with Crippen molar-refractivity contribution in [1.82, 2.24) is 10.2 Å². The molecule has 0 saturated carbocycles. The molecule has 0 aliphatic carbocycles. The Hall–Kier alpha value is -1.85. The summed E-state index contributed by atoms with van der Waals surface area (Å²) in [5.74, 6) is 0.571. The van der Waals surface area contributed by atoms with Gasteiger partial charge in [0.15, 0.2) is 5.96 Å². The first kappa shape index (κ1) is 18.0. The van der Waals surface area contributed by atoms with E-state index in [1.165, 1.54) is 29.7 Å². The van der Waals surface area contributed by atoms with Gasteiger partial charge < -0.3 is 11.1 Å². The number of rotatable bonds is 7. The average molecular weight is 357 g/mol. The first-order chi connectivity index (χ1) is 12.3. The van der Waals surface area contributed by atoms with Crippen molar-refractivity contribution in [2.45, 2.75) is 38.3 Å². The van der Waals surface area contributed by atoms with Crippen LogP contribution in [0.15, 0.2) is 52.8 Å². The molecule has 0 spiro atoms. The predicted octanol–water partition coefficient (Wildman–Crippen LogP) is 3.25. The van der Waals surface area contributed by atoms with Crippen LogP contribution in [0.5, 0.6) is 0 Å². The van der Waals surface area contributed by atoms with E-state index in [9.17, 15) is 0 Å². The van der Waals surface area contributed by atoms with E-state index < -0.39 is 0 Å². The molecule has 2 aromatic rings. The molecule has 0 radical (unpaired) electrons. The summed E-state index contributed by atoms with van der Waals surface area (Å²) in [5.41, 5.74) is 7.43. The maximum Gasteiger partial charge on any atom is 0.188 e. The Morgan fingerprint density at radius 2 is 2.08 bits per heavy atom. The van der Waals surface area contributed by atoms with Crippen LogP contribution >= 0.6 is 11.3 Å². The van der Waals surface area contributed by atoms with Gasteiger partial charge in [-0.05, 0) is 42.8 Å². The van der Waals surface area contributed by atoms with Gasteiger partial charge in [0, 0.05) is 24.0 Å². The SMILES string of the molecule is NC(=NCC1CCCCN1Cc1ccccc1)NCCc1cccs1. The molecule has 2 heterocycles. The summed E-state index contributed by atoms with van der Waals surface area (Å²) in [6.07, 6.45) is 4.77. The molecule has 0 amide bonds. The molecule has 134 valence electrons. The summed E-state index contributed by atoms with van der Waals surface area (Å²) in [6, 6.07) is 15.4. The Kier molecular flexibility index (Phi) is 6.89. The van der Waals surface area contributed by atoms with Crippen LogP contribution in [0.2, 0.25) is 0 Å². The Morgan fingerprint density at radius 1 is 1.20 bits per heavy atom. The summed E-state index contributed by atoms with van der Waals surface area (Å²) in [7, 11) is 0. The molecule has 1 aliphatic heterocycles. The second kappa shape index (κ2) is 9.59. The lowest BCUT2D eigenvalue weighted by Gasteiger charge is -2.35. The fraction of sp³-hybridized carbons (Fsp3) is 0.450. The number of piperidine rings is 1. The number of thiophene rings is 1. The molecule has 1 saturated heterocycles. The minimum atomic E-state index is 0.492. The maximum absolute atomic E-state index is 6.05. The molecule has 1 unspecified atom stereocenters. The number of guanidine groups is 1. The van der Waals surface area contributed by atoms with Crippen LogP contribution in [-0.2, 0) is 13.0 Å². The highest BCUT2D eigenvalue weighted by Crippen LogP contribution is 2.20. The normalized spacial score (nSPS) is 19.0. The zero-order valence-corrected chi connectivity index (χ0v) is 15.5. The van der Waals surface area contributed by atoms with Crippen LogP contribution in [0.4, 0.5) is 0 Å². The number of likely N-dealkylation sites (tertiary alicyclic amines) is 1. The zero-order chi connectivity index (χ0) is 17.3. The topological polar surface area (TPSA) is 53.6 Å². The molecule has 0 bridgehead atoms. The molecular weight excluding hydrogens is 328 g/mol. The number of nitrogens with zero attached hydrogens (tertiary/aromatic N) is 2. The van der Waals surface area contributed by atoms with E-state index in [4.69, 9.17) is 5.73 Å². The van der Waals surface area contributed by atoms with Crippen molar-refractivity contribution >= 4 is 17.3 Å². The van der Waals surface area contributed by atoms with Gasteiger partial charge in [-0.3, -0.25) is 9.89 Å². The van der Waals surface area contributed by atoms with Crippen LogP contribution in [0, 0.1) is 0 Å². The van der Waals surface area contributed by atoms with Gasteiger partial charge in [-0.25, -0.2) is 0 Å². The molecule has 25 heavy (non-hydrogen) atoms. The zero-order valence-electron chi connectivity index (χ0n) is 14.7. The third kappa shape index (κ3) is 5.87. The molecule has 1 aromatic carbocycles. The lowest BCUT2D eigenvalue weighted by Crippen LogP contribution is -2.42. The van der Waals surface area contributed by atoms with Crippen molar-refractivity contribution in [1.29, 1.82) is 0 Å². The van der Waals surface area contributed by atoms with E-state index in [0.717, 1.165) is 32.6 Å². The predicted molar refractivity (Wildman–Crippen MR) is 107 cm³/mol. The van der Waals surface area contributed by atoms with Crippen molar-refractivity contribution in [2.75, 3.05) is 19.6 Å². The van der Waals surface area contributed by atoms with E-state index >= 15 is 0 Å². The largest absolute Gasteiger partial charge is 0.370 e. The van der Waals surface area contributed by atoms with Crippen LogP contribution in [0.3, 0.4) is 0 Å². The first-order valence-corrected chi connectivity index (χ1v) is 10.0. The second-order valence-corrected chi connectivity index (χ2v) is 7.62. The van der Waals surface area contributed by atoms with E-state index in [2.05, 4.69) is 63.1 Å². The van der Waals surface area contributed by atoms with Gasteiger partial charge in [-0.15, -0.1) is 11.3 Å². The molecule has 3 N–H and O–H groups in total. The van der Waals surface area contributed by atoms with Crippen LogP contribution < -0.4 is 11.1 Å². The third-order valence-electron chi connectivity index (χ3n) is 4.71. The molecular formula is C20H28N4S. The Morgan fingerprint density at radius 3 is 2.88 bits per heavy atom. The van der Waals surface area contributed by atoms with Crippen molar-refractivity contribution in [3.8, 4) is 0 Å². The van der Waals surface area contributed by atoms with Crippen molar-refractivity contribution < 1.29 is 0 Å². The van der Waals surface area contributed by atoms with Gasteiger partial charge in [0.25, 0.3) is 0 Å². The second-order valence-electron chi connectivity index (χ2n) is 6.59. The molecule has 3 rings (SSSR count). The summed E-state index contributed by atoms with van der Waals surface area (Å²) < 4.78 is 0. The monoisotopic (exact) mass is 356 g/mol. The van der Waals surface area contributed by atoms with Gasteiger partial charge in [-0.1, -0.05) is 42.8 Å². The molecule has 1 aliphatic rings. The highest BCUT2D eigenvalue weighted by Gasteiger charge is 2.22. The Balaban J connectivity index is 1.47. The number of hydrogen-bond donors (Lipinski definition) is 2. The highest BCUT2D eigenvalue weighted by atomic mass is 32.1. The standard InChI is InChI=1S/C20H28N4S/c21-20(22-12-11-19-10-6-14-25-19)23-15-18-9-4-5-13-24(18)16-17-7-2-1-3-8-17/h1-3,6-8,10,14,18H,4-5,9,11-13,15-16H2,(H3,21,22,23). The summed E-state index contributed by atoms with van der Waals surface area (Å²) in [4.78, 5) is 8.54. The number of hydrogen-bond acceptors (Lipinski definition) is 3. The van der Waals surface area contributed by atoms with Crippen LogP contribution in [-0.4, -0.2) is 36.5 Å². The third-order valence-corrected chi connectivity index (χ3v) is 5.64. The molecule has 4 nitrogen and oxygen atoms in total. The average Bonchev–Trinajstić information content (AvgIpc) is 3.15. The Bertz CT molecular complexity index is 639. The number of nitrogens with one attached hydrogen (secondary N) is 1. The summed E-state index contributed by atoms with van der Waals surface area (Å²) >= 11 is 1.78. The van der Waals surface area contributed by atoms with E-state index in [1.807, 2.05) is 0 Å². The van der Waals surface area contributed by atoms with Gasteiger partial charge >= 0.3 is 0 Å². The lowest BCUT2D eigenvalue weighted by atomic mass is 10.0. The van der Waals surface area contributed by atoms with Gasteiger partial charge in [0.05, 0.1) is 6.54 Å². The van der Waals surface area contributed by atoms with E-state index in [1.54, 1.807) is 11.3 Å². The number of aliphatic imine (C=N–C) groups is 1. The minimum Gasteiger partial charge on any atom is -0.370 e. The first-order valence-electron chi connectivity index (χ1n) is 9.15. The number of benzene rings is 1. The molecule has 1 aromatic heterocycles. The van der Waals surface area contributed by atoms with E-state index in [0.29, 0.717) is 12.0 Å². The smallest absolute Gasteiger partial charge is 0.188 e. The minimum absolute atomic E-state index is 0.492. The Labute approximate surface area is 154 Å². The number of nitrogens with two attached hydrogens (primary N) is 1. The van der Waals surface area contributed by atoms with Crippen molar-refractivity contribution in [3.63, 3.8) is 0 Å². The highest BCUT2D eigenvalue weighted by molar-refractivity contribution is 7.09. The quantitative estimate of drug-likeness (QED) is 0.591. The van der Waals surface area contributed by atoms with E-state index in [-0.39, 0.29) is 0 Å². The van der Waals surface area contributed by atoms with Crippen molar-refractivity contribution in [2.24, 2.45) is 10.7 Å². The molecule has 1 fully saturated rings. The summed E-state index contributed by atoms with van der Waals surface area (Å²) in [5, 5.41) is 5.35. The summed E-state index contributed by atoms with van der Waals surface area (Å²) in [6.45, 7) is 3.78. The van der Waals surface area contributed by atoms with Gasteiger partial charge in [-0.2, -0.15) is 0 Å². The van der Waals surface area contributed by atoms with Crippen LogP contribution in [0.25, 0.3) is 0 Å². The van der Waals surface area contributed by atoms with Gasteiger partial charge in [0.2, 0.25) is 0 Å². The fourth-order valence-electron chi connectivity index (χ4n) is 3.32. The maximum atomic E-state index is 6.05. The van der Waals surface area contributed by atoms with Crippen LogP contribution in [0.1, 0.15) is 29.7 Å². The fourth-order valence-corrected chi connectivity index (χ4v) is 4.03. The lowest BCUT2D eigenvalue weighted by molar-refractivity contribution is 0.145. The van der Waals surface area contributed by atoms with Crippen molar-refractivity contribution in [3.05, 3.63) is 58.3 Å². The molecule has 5 heteroatoms. The molecule has 1 atom stereocenters. The van der Waals surface area contributed by atoms with Gasteiger partial charge in [0.1, 0.15) is 0 Å².